The van der Waals surface area contributed by atoms with E-state index in [1.54, 1.807) is 17.8 Å². The van der Waals surface area contributed by atoms with Crippen molar-refractivity contribution < 1.29 is 14.0 Å². The first-order valence-corrected chi connectivity index (χ1v) is 10.9. The van der Waals surface area contributed by atoms with Crippen LogP contribution in [0, 0.1) is 11.7 Å². The van der Waals surface area contributed by atoms with Gasteiger partial charge in [0.2, 0.25) is 11.8 Å². The lowest BCUT2D eigenvalue weighted by Gasteiger charge is -2.32. The molecule has 0 radical (unpaired) electrons. The van der Waals surface area contributed by atoms with Gasteiger partial charge in [0.1, 0.15) is 5.82 Å². The second-order valence-corrected chi connectivity index (χ2v) is 7.98. The Morgan fingerprint density at radius 1 is 1.18 bits per heavy atom. The van der Waals surface area contributed by atoms with Crippen molar-refractivity contribution in [3.05, 3.63) is 54.3 Å². The molecule has 0 saturated carbocycles. The van der Waals surface area contributed by atoms with E-state index in [-0.39, 0.29) is 23.5 Å². The van der Waals surface area contributed by atoms with E-state index >= 15 is 0 Å². The molecule has 2 aromatic carbocycles. The first-order chi connectivity index (χ1) is 13.6. The number of nitrogens with zero attached hydrogens (tertiary/aromatic N) is 1. The van der Waals surface area contributed by atoms with Crippen molar-refractivity contribution in [1.82, 2.24) is 4.90 Å². The van der Waals surface area contributed by atoms with Crippen LogP contribution in [0.15, 0.2) is 48.5 Å². The van der Waals surface area contributed by atoms with Crippen LogP contribution in [0.1, 0.15) is 19.3 Å². The largest absolute Gasteiger partial charge is 0.342 e. The van der Waals surface area contributed by atoms with E-state index in [9.17, 15) is 14.0 Å². The zero-order valence-corrected chi connectivity index (χ0v) is 16.8. The SMILES string of the molecule is CSCCC(=O)N1CCCC(C(=O)Nc2ccc(-c3cccc(F)c3)cc2)C1. The third-order valence-electron chi connectivity index (χ3n) is 4.98. The summed E-state index contributed by atoms with van der Waals surface area (Å²) in [6.45, 7) is 1.22. The summed E-state index contributed by atoms with van der Waals surface area (Å²) in [6, 6.07) is 13.8. The zero-order valence-electron chi connectivity index (χ0n) is 16.0. The van der Waals surface area contributed by atoms with E-state index in [1.807, 2.05) is 41.5 Å². The maximum atomic E-state index is 13.4. The monoisotopic (exact) mass is 400 g/mol. The highest BCUT2D eigenvalue weighted by atomic mass is 32.2. The predicted molar refractivity (Wildman–Crippen MR) is 113 cm³/mol. The number of piperidine rings is 1. The maximum absolute atomic E-state index is 13.4. The van der Waals surface area contributed by atoms with Crippen LogP contribution in [0.4, 0.5) is 10.1 Å². The molecule has 1 unspecified atom stereocenters. The molecule has 148 valence electrons. The number of carbonyl (C=O) groups is 2. The Morgan fingerprint density at radius 3 is 2.68 bits per heavy atom. The van der Waals surface area contributed by atoms with E-state index in [2.05, 4.69) is 5.32 Å². The normalized spacial score (nSPS) is 16.6. The number of halogens is 1. The van der Waals surface area contributed by atoms with Gasteiger partial charge in [-0.05, 0) is 54.5 Å². The molecule has 1 aliphatic heterocycles. The van der Waals surface area contributed by atoms with Crippen LogP contribution >= 0.6 is 11.8 Å². The highest BCUT2D eigenvalue weighted by Crippen LogP contribution is 2.24. The van der Waals surface area contributed by atoms with E-state index in [1.165, 1.54) is 12.1 Å². The van der Waals surface area contributed by atoms with Gasteiger partial charge in [0.05, 0.1) is 5.92 Å². The average molecular weight is 401 g/mol. The first kappa shape index (κ1) is 20.4. The summed E-state index contributed by atoms with van der Waals surface area (Å²) in [5, 5.41) is 2.95. The molecule has 2 amide bonds. The van der Waals surface area contributed by atoms with Gasteiger partial charge >= 0.3 is 0 Å². The second-order valence-electron chi connectivity index (χ2n) is 7.00. The number of benzene rings is 2. The summed E-state index contributed by atoms with van der Waals surface area (Å²) in [4.78, 5) is 26.7. The van der Waals surface area contributed by atoms with Gasteiger partial charge < -0.3 is 10.2 Å². The molecule has 1 N–H and O–H groups in total. The summed E-state index contributed by atoms with van der Waals surface area (Å²) in [7, 11) is 0. The summed E-state index contributed by atoms with van der Waals surface area (Å²) < 4.78 is 13.4. The lowest BCUT2D eigenvalue weighted by molar-refractivity contribution is -0.134. The molecule has 0 aliphatic carbocycles. The smallest absolute Gasteiger partial charge is 0.229 e. The van der Waals surface area contributed by atoms with Crippen molar-refractivity contribution in [3.8, 4) is 11.1 Å². The first-order valence-electron chi connectivity index (χ1n) is 9.50. The van der Waals surface area contributed by atoms with Crippen LogP contribution < -0.4 is 5.32 Å². The number of anilines is 1. The minimum atomic E-state index is -0.274. The fraction of sp³-hybridized carbons (Fsp3) is 0.364. The van der Waals surface area contributed by atoms with Crippen molar-refractivity contribution in [1.29, 1.82) is 0 Å². The fourth-order valence-corrected chi connectivity index (χ4v) is 3.80. The van der Waals surface area contributed by atoms with Crippen molar-refractivity contribution in [2.24, 2.45) is 5.92 Å². The van der Waals surface area contributed by atoms with Gasteiger partial charge in [-0.3, -0.25) is 9.59 Å². The predicted octanol–water partition coefficient (Wildman–Crippen LogP) is 4.42. The third-order valence-corrected chi connectivity index (χ3v) is 5.59. The number of rotatable bonds is 6. The van der Waals surface area contributed by atoms with Crippen molar-refractivity contribution in [2.45, 2.75) is 19.3 Å². The molecule has 0 aromatic heterocycles. The van der Waals surface area contributed by atoms with Gasteiger partial charge in [-0.25, -0.2) is 4.39 Å². The van der Waals surface area contributed by atoms with Gasteiger partial charge in [-0.1, -0.05) is 24.3 Å². The highest BCUT2D eigenvalue weighted by molar-refractivity contribution is 7.98. The van der Waals surface area contributed by atoms with E-state index in [0.29, 0.717) is 18.7 Å². The summed E-state index contributed by atoms with van der Waals surface area (Å²) in [5.41, 5.74) is 2.39. The van der Waals surface area contributed by atoms with Crippen molar-refractivity contribution in [3.63, 3.8) is 0 Å². The molecule has 2 aromatic rings. The molecule has 1 saturated heterocycles. The minimum Gasteiger partial charge on any atom is -0.342 e. The number of amides is 2. The molecule has 0 spiro atoms. The average Bonchev–Trinajstić information content (AvgIpc) is 2.72. The molecule has 1 atom stereocenters. The van der Waals surface area contributed by atoms with Crippen molar-refractivity contribution >= 4 is 29.3 Å². The minimum absolute atomic E-state index is 0.0547. The van der Waals surface area contributed by atoms with Gasteiger partial charge in [-0.15, -0.1) is 0 Å². The van der Waals surface area contributed by atoms with E-state index in [4.69, 9.17) is 0 Å². The molecule has 6 heteroatoms. The molecule has 4 nitrogen and oxygen atoms in total. The molecule has 1 aliphatic rings. The lowest BCUT2D eigenvalue weighted by Crippen LogP contribution is -2.43. The standard InChI is InChI=1S/C22H25FN2O2S/c1-28-13-11-21(26)25-12-3-5-18(15-25)22(27)24-20-9-7-16(8-10-20)17-4-2-6-19(23)14-17/h2,4,6-10,14,18H,3,5,11-13,15H2,1H3,(H,24,27). The fourth-order valence-electron chi connectivity index (χ4n) is 3.42. The molecule has 28 heavy (non-hydrogen) atoms. The topological polar surface area (TPSA) is 49.4 Å². The maximum Gasteiger partial charge on any atom is 0.229 e. The van der Waals surface area contributed by atoms with Crippen molar-refractivity contribution in [2.75, 3.05) is 30.4 Å². The highest BCUT2D eigenvalue weighted by Gasteiger charge is 2.28. The van der Waals surface area contributed by atoms with Crippen LogP contribution in [0.3, 0.4) is 0 Å². The van der Waals surface area contributed by atoms with Gasteiger partial charge in [0, 0.05) is 31.0 Å². The van der Waals surface area contributed by atoms with Gasteiger partial charge in [0.15, 0.2) is 0 Å². The number of carbonyl (C=O) groups excluding carboxylic acids is 2. The van der Waals surface area contributed by atoms with Gasteiger partial charge in [0.25, 0.3) is 0 Å². The molecular formula is C22H25FN2O2S. The Balaban J connectivity index is 1.59. The number of thioether (sulfide) groups is 1. The Bertz CT molecular complexity index is 826. The van der Waals surface area contributed by atoms with Crippen LogP contribution in [-0.2, 0) is 9.59 Å². The number of hydrogen-bond acceptors (Lipinski definition) is 3. The Morgan fingerprint density at radius 2 is 1.96 bits per heavy atom. The third kappa shape index (κ3) is 5.35. The molecular weight excluding hydrogens is 375 g/mol. The molecule has 1 fully saturated rings. The lowest BCUT2D eigenvalue weighted by atomic mass is 9.96. The van der Waals surface area contributed by atoms with Crippen LogP contribution in [0.2, 0.25) is 0 Å². The molecule has 1 heterocycles. The Hall–Kier alpha value is -2.34. The van der Waals surface area contributed by atoms with Crippen LogP contribution in [0.5, 0.6) is 0 Å². The number of likely N-dealkylation sites (tertiary alicyclic amines) is 1. The van der Waals surface area contributed by atoms with E-state index in [0.717, 1.165) is 36.3 Å². The molecule has 3 rings (SSSR count). The number of hydrogen-bond donors (Lipinski definition) is 1. The van der Waals surface area contributed by atoms with Crippen LogP contribution in [0.25, 0.3) is 11.1 Å². The summed E-state index contributed by atoms with van der Waals surface area (Å²) in [6.07, 6.45) is 4.15. The Labute approximate surface area is 169 Å². The quantitative estimate of drug-likeness (QED) is 0.781. The number of nitrogens with one attached hydrogen (secondary N) is 1. The molecule has 0 bridgehead atoms. The second kappa shape index (κ2) is 9.73. The van der Waals surface area contributed by atoms with Crippen LogP contribution in [-0.4, -0.2) is 41.8 Å². The Kier molecular flexibility index (Phi) is 7.09. The summed E-state index contributed by atoms with van der Waals surface area (Å²) in [5.74, 6) is 0.426. The van der Waals surface area contributed by atoms with E-state index < -0.39 is 0 Å². The van der Waals surface area contributed by atoms with Gasteiger partial charge in [-0.2, -0.15) is 11.8 Å². The zero-order chi connectivity index (χ0) is 19.9. The summed E-state index contributed by atoms with van der Waals surface area (Å²) >= 11 is 1.66.